The maximum atomic E-state index is 13.0. The van der Waals surface area contributed by atoms with E-state index in [0.29, 0.717) is 17.0 Å². The molecule has 80 valence electrons. The van der Waals surface area contributed by atoms with Crippen molar-refractivity contribution in [3.05, 3.63) is 34.6 Å². The number of hydrogen-bond acceptors (Lipinski definition) is 1. The largest absolute Gasteiger partial charge is 0.207 e. The van der Waals surface area contributed by atoms with Crippen LogP contribution in [-0.2, 0) is 6.42 Å². The molecule has 1 aromatic rings. The third-order valence-corrected chi connectivity index (χ3v) is 3.01. The van der Waals surface area contributed by atoms with E-state index in [1.807, 2.05) is 13.8 Å². The first-order valence-corrected chi connectivity index (χ1v) is 5.24. The number of nitriles is 1. The molecule has 1 nitrogen and oxygen atoms in total. The molecule has 0 aliphatic heterocycles. The maximum absolute atomic E-state index is 13.0. The molecule has 0 spiro atoms. The van der Waals surface area contributed by atoms with Crippen LogP contribution in [0, 0.1) is 22.6 Å². The summed E-state index contributed by atoms with van der Waals surface area (Å²) in [7, 11) is 0. The minimum Gasteiger partial charge on any atom is -0.207 e. The second-order valence-corrected chi connectivity index (χ2v) is 4.35. The van der Waals surface area contributed by atoms with Gasteiger partial charge >= 0.3 is 0 Å². The van der Waals surface area contributed by atoms with Gasteiger partial charge in [0.15, 0.2) is 0 Å². The van der Waals surface area contributed by atoms with E-state index in [-0.39, 0.29) is 5.82 Å². The van der Waals surface area contributed by atoms with Gasteiger partial charge in [-0.05, 0) is 43.5 Å². The van der Waals surface area contributed by atoms with Crippen LogP contribution in [0.15, 0.2) is 18.2 Å². The normalized spacial score (nSPS) is 14.3. The Morgan fingerprint density at radius 3 is 2.73 bits per heavy atom. The predicted molar refractivity (Wildman–Crippen MR) is 59.1 cm³/mol. The lowest BCUT2D eigenvalue weighted by Crippen LogP contribution is -2.16. The van der Waals surface area contributed by atoms with Crippen LogP contribution in [0.3, 0.4) is 0 Å². The highest BCUT2D eigenvalue weighted by Gasteiger charge is 2.23. The van der Waals surface area contributed by atoms with Gasteiger partial charge in [-0.2, -0.15) is 5.26 Å². The van der Waals surface area contributed by atoms with Gasteiger partial charge in [-0.3, -0.25) is 0 Å². The summed E-state index contributed by atoms with van der Waals surface area (Å²) in [5, 5.41) is 9.54. The highest BCUT2D eigenvalue weighted by Crippen LogP contribution is 2.29. The Hall–Kier alpha value is -1.07. The third-order valence-electron chi connectivity index (χ3n) is 2.64. The zero-order valence-corrected chi connectivity index (χ0v) is 9.61. The molecular formula is C12H13ClFN. The third kappa shape index (κ3) is 2.94. The quantitative estimate of drug-likeness (QED) is 0.764. The topological polar surface area (TPSA) is 23.8 Å². The number of nitrogens with zero attached hydrogens (tertiary/aromatic N) is 1. The van der Waals surface area contributed by atoms with Crippen LogP contribution in [0.2, 0.25) is 5.02 Å². The Kier molecular flexibility index (Phi) is 3.71. The lowest BCUT2D eigenvalue weighted by atomic mass is 9.83. The molecule has 0 heterocycles. The fraction of sp³-hybridized carbons (Fsp3) is 0.417. The van der Waals surface area contributed by atoms with E-state index in [1.165, 1.54) is 18.2 Å². The van der Waals surface area contributed by atoms with Crippen LogP contribution in [0.1, 0.15) is 25.8 Å². The van der Waals surface area contributed by atoms with E-state index in [2.05, 4.69) is 6.07 Å². The van der Waals surface area contributed by atoms with E-state index in [4.69, 9.17) is 16.9 Å². The summed E-state index contributed by atoms with van der Waals surface area (Å²) in [5.74, 6) is -0.314. The molecule has 0 aromatic heterocycles. The Morgan fingerprint density at radius 1 is 1.53 bits per heavy atom. The summed E-state index contributed by atoms with van der Waals surface area (Å²) < 4.78 is 13.0. The van der Waals surface area contributed by atoms with Crippen molar-refractivity contribution in [3.63, 3.8) is 0 Å². The molecule has 1 rings (SSSR count). The predicted octanol–water partition coefficient (Wildman–Crippen LogP) is 3.96. The zero-order chi connectivity index (χ0) is 11.5. The van der Waals surface area contributed by atoms with E-state index >= 15 is 0 Å². The molecule has 3 heteroatoms. The molecule has 1 aromatic carbocycles. The van der Waals surface area contributed by atoms with Crippen LogP contribution in [0.25, 0.3) is 0 Å². The van der Waals surface area contributed by atoms with Crippen molar-refractivity contribution in [2.75, 3.05) is 0 Å². The number of rotatable bonds is 3. The molecule has 0 bridgehead atoms. The van der Waals surface area contributed by atoms with Crippen molar-refractivity contribution in [1.29, 1.82) is 5.26 Å². The molecule has 0 saturated heterocycles. The van der Waals surface area contributed by atoms with Gasteiger partial charge in [0.2, 0.25) is 0 Å². The average Bonchev–Trinajstić information content (AvgIpc) is 2.23. The van der Waals surface area contributed by atoms with E-state index < -0.39 is 5.41 Å². The first kappa shape index (κ1) is 12.0. The Morgan fingerprint density at radius 2 is 2.20 bits per heavy atom. The monoisotopic (exact) mass is 225 g/mol. The maximum Gasteiger partial charge on any atom is 0.123 e. The first-order chi connectivity index (χ1) is 7.00. The number of hydrogen-bond donors (Lipinski definition) is 0. The molecule has 0 saturated carbocycles. The van der Waals surface area contributed by atoms with Gasteiger partial charge in [0, 0.05) is 5.02 Å². The van der Waals surface area contributed by atoms with Crippen LogP contribution in [0.4, 0.5) is 4.39 Å². The van der Waals surface area contributed by atoms with Gasteiger partial charge in [0.1, 0.15) is 5.82 Å². The molecule has 1 unspecified atom stereocenters. The van der Waals surface area contributed by atoms with Crippen LogP contribution >= 0.6 is 11.6 Å². The molecule has 1 atom stereocenters. The Balaban J connectivity index is 2.99. The van der Waals surface area contributed by atoms with E-state index in [9.17, 15) is 4.39 Å². The summed E-state index contributed by atoms with van der Waals surface area (Å²) in [4.78, 5) is 0. The van der Waals surface area contributed by atoms with Crippen molar-refractivity contribution >= 4 is 11.6 Å². The highest BCUT2D eigenvalue weighted by atomic mass is 35.5. The fourth-order valence-electron chi connectivity index (χ4n) is 1.34. The fourth-order valence-corrected chi connectivity index (χ4v) is 1.53. The second-order valence-electron chi connectivity index (χ2n) is 3.94. The Bertz CT molecular complexity index is 397. The van der Waals surface area contributed by atoms with E-state index in [1.54, 1.807) is 0 Å². The summed E-state index contributed by atoms with van der Waals surface area (Å²) in [6, 6.07) is 6.49. The van der Waals surface area contributed by atoms with Crippen LogP contribution in [0.5, 0.6) is 0 Å². The number of benzene rings is 1. The minimum absolute atomic E-state index is 0.314. The van der Waals surface area contributed by atoms with Crippen molar-refractivity contribution in [2.24, 2.45) is 5.41 Å². The molecule has 0 N–H and O–H groups in total. The smallest absolute Gasteiger partial charge is 0.123 e. The summed E-state index contributed by atoms with van der Waals surface area (Å²) in [6.45, 7) is 3.80. The van der Waals surface area contributed by atoms with Gasteiger partial charge in [-0.1, -0.05) is 18.5 Å². The average molecular weight is 226 g/mol. The molecule has 0 aliphatic rings. The van der Waals surface area contributed by atoms with Crippen molar-refractivity contribution in [3.8, 4) is 6.07 Å². The summed E-state index contributed by atoms with van der Waals surface area (Å²) in [6.07, 6.45) is 1.20. The van der Waals surface area contributed by atoms with Crippen molar-refractivity contribution < 1.29 is 4.39 Å². The Labute approximate surface area is 94.5 Å². The van der Waals surface area contributed by atoms with Crippen LogP contribution in [-0.4, -0.2) is 0 Å². The minimum atomic E-state index is -0.475. The van der Waals surface area contributed by atoms with E-state index in [0.717, 1.165) is 6.42 Å². The van der Waals surface area contributed by atoms with Gasteiger partial charge in [0.25, 0.3) is 0 Å². The molecule has 0 aliphatic carbocycles. The van der Waals surface area contributed by atoms with Gasteiger partial charge < -0.3 is 0 Å². The first-order valence-electron chi connectivity index (χ1n) is 4.86. The van der Waals surface area contributed by atoms with Crippen molar-refractivity contribution in [2.45, 2.75) is 26.7 Å². The summed E-state index contributed by atoms with van der Waals surface area (Å²) in [5.41, 5.74) is 0.222. The van der Waals surface area contributed by atoms with Gasteiger partial charge in [-0.25, -0.2) is 4.39 Å². The molecule has 0 amide bonds. The second kappa shape index (κ2) is 4.63. The van der Waals surface area contributed by atoms with Crippen LogP contribution < -0.4 is 0 Å². The SMILES string of the molecule is CCC(C)(C#N)Cc1cc(F)ccc1Cl. The number of halogens is 2. The molecular weight excluding hydrogens is 213 g/mol. The molecule has 15 heavy (non-hydrogen) atoms. The molecule has 0 radical (unpaired) electrons. The standard InChI is InChI=1S/C12H13ClFN/c1-3-12(2,8-15)7-9-6-10(14)4-5-11(9)13/h4-6H,3,7H2,1-2H3. The van der Waals surface area contributed by atoms with Crippen molar-refractivity contribution in [1.82, 2.24) is 0 Å². The van der Waals surface area contributed by atoms with Gasteiger partial charge in [0.05, 0.1) is 11.5 Å². The lowest BCUT2D eigenvalue weighted by Gasteiger charge is -2.19. The molecule has 0 fully saturated rings. The van der Waals surface area contributed by atoms with Gasteiger partial charge in [-0.15, -0.1) is 0 Å². The lowest BCUT2D eigenvalue weighted by molar-refractivity contribution is 0.422. The highest BCUT2D eigenvalue weighted by molar-refractivity contribution is 6.31. The summed E-state index contributed by atoms with van der Waals surface area (Å²) >= 11 is 5.94. The zero-order valence-electron chi connectivity index (χ0n) is 8.85.